The third kappa shape index (κ3) is 4.13. The van der Waals surface area contributed by atoms with Crippen LogP contribution in [-0.4, -0.2) is 20.6 Å². The van der Waals surface area contributed by atoms with Crippen LogP contribution in [-0.2, 0) is 17.9 Å². The maximum atomic E-state index is 12.3. The largest absolute Gasteiger partial charge is 0.350 e. The molecule has 7 heteroatoms. The van der Waals surface area contributed by atoms with E-state index in [0.717, 1.165) is 11.1 Å². The Labute approximate surface area is 166 Å². The molecule has 2 aromatic carbocycles. The SMILES string of the molecule is O=C(Cn1cccc1-c1nc(-c2ccccc2)no1)NCc1ccc(Cl)cc1. The van der Waals surface area contributed by atoms with Crippen molar-refractivity contribution in [1.82, 2.24) is 20.0 Å². The Hall–Kier alpha value is -3.38. The minimum Gasteiger partial charge on any atom is -0.350 e. The van der Waals surface area contributed by atoms with E-state index in [-0.39, 0.29) is 12.5 Å². The number of rotatable bonds is 6. The number of carbonyl (C=O) groups excluding carboxylic acids is 1. The van der Waals surface area contributed by atoms with Gasteiger partial charge in [-0.05, 0) is 29.8 Å². The number of aromatic nitrogens is 3. The van der Waals surface area contributed by atoms with Crippen LogP contribution in [0.2, 0.25) is 5.02 Å². The van der Waals surface area contributed by atoms with E-state index in [4.69, 9.17) is 16.1 Å². The highest BCUT2D eigenvalue weighted by atomic mass is 35.5. The van der Waals surface area contributed by atoms with Gasteiger partial charge in [-0.3, -0.25) is 4.79 Å². The van der Waals surface area contributed by atoms with E-state index >= 15 is 0 Å². The number of nitrogens with zero attached hydrogens (tertiary/aromatic N) is 3. The van der Waals surface area contributed by atoms with Crippen molar-refractivity contribution in [3.63, 3.8) is 0 Å². The summed E-state index contributed by atoms with van der Waals surface area (Å²) in [6, 6.07) is 20.6. The molecule has 28 heavy (non-hydrogen) atoms. The molecule has 6 nitrogen and oxygen atoms in total. The summed E-state index contributed by atoms with van der Waals surface area (Å²) >= 11 is 5.88. The number of carbonyl (C=O) groups is 1. The van der Waals surface area contributed by atoms with Crippen molar-refractivity contribution < 1.29 is 9.32 Å². The van der Waals surface area contributed by atoms with Crippen molar-refractivity contribution in [2.45, 2.75) is 13.1 Å². The second-order valence-corrected chi connectivity index (χ2v) is 6.65. The molecule has 0 fully saturated rings. The highest BCUT2D eigenvalue weighted by Gasteiger charge is 2.15. The fourth-order valence-corrected chi connectivity index (χ4v) is 2.92. The number of halogens is 1. The first-order chi connectivity index (χ1) is 13.7. The molecule has 4 aromatic rings. The Morgan fingerprint density at radius 2 is 1.82 bits per heavy atom. The number of nitrogens with one attached hydrogen (secondary N) is 1. The molecule has 0 saturated heterocycles. The number of hydrogen-bond donors (Lipinski definition) is 1. The van der Waals surface area contributed by atoms with Gasteiger partial charge in [0.05, 0.1) is 0 Å². The van der Waals surface area contributed by atoms with Gasteiger partial charge in [0.25, 0.3) is 5.89 Å². The summed E-state index contributed by atoms with van der Waals surface area (Å²) in [5, 5.41) is 7.60. The van der Waals surface area contributed by atoms with Gasteiger partial charge in [-0.15, -0.1) is 0 Å². The van der Waals surface area contributed by atoms with E-state index in [2.05, 4.69) is 15.5 Å². The van der Waals surface area contributed by atoms with Gasteiger partial charge >= 0.3 is 0 Å². The van der Waals surface area contributed by atoms with E-state index in [9.17, 15) is 4.79 Å². The summed E-state index contributed by atoms with van der Waals surface area (Å²) in [6.45, 7) is 0.588. The van der Waals surface area contributed by atoms with Gasteiger partial charge in [0.2, 0.25) is 11.7 Å². The van der Waals surface area contributed by atoms with Gasteiger partial charge in [-0.25, -0.2) is 0 Å². The molecule has 0 bridgehead atoms. The average molecular weight is 393 g/mol. The minimum absolute atomic E-state index is 0.116. The molecule has 0 aliphatic rings. The molecule has 0 unspecified atom stereocenters. The Balaban J connectivity index is 1.43. The van der Waals surface area contributed by atoms with Gasteiger partial charge in [0.15, 0.2) is 0 Å². The molecule has 2 aromatic heterocycles. The lowest BCUT2D eigenvalue weighted by Gasteiger charge is -2.08. The number of amides is 1. The lowest BCUT2D eigenvalue weighted by atomic mass is 10.2. The third-order valence-electron chi connectivity index (χ3n) is 4.22. The molecule has 1 amide bonds. The zero-order chi connectivity index (χ0) is 19.3. The molecule has 4 rings (SSSR count). The molecule has 0 spiro atoms. The van der Waals surface area contributed by atoms with Crippen molar-refractivity contribution in [1.29, 1.82) is 0 Å². The first-order valence-electron chi connectivity index (χ1n) is 8.75. The maximum Gasteiger partial charge on any atom is 0.274 e. The molecule has 0 radical (unpaired) electrons. The smallest absolute Gasteiger partial charge is 0.274 e. The van der Waals surface area contributed by atoms with E-state index in [1.165, 1.54) is 0 Å². The highest BCUT2D eigenvalue weighted by molar-refractivity contribution is 6.30. The van der Waals surface area contributed by atoms with Gasteiger partial charge in [-0.2, -0.15) is 4.98 Å². The Morgan fingerprint density at radius 1 is 1.04 bits per heavy atom. The Morgan fingerprint density at radius 3 is 2.61 bits per heavy atom. The predicted molar refractivity (Wildman–Crippen MR) is 106 cm³/mol. The molecular formula is C21H17ClN4O2. The van der Waals surface area contributed by atoms with Crippen LogP contribution >= 0.6 is 11.6 Å². The van der Waals surface area contributed by atoms with Crippen molar-refractivity contribution >= 4 is 17.5 Å². The van der Waals surface area contributed by atoms with Crippen molar-refractivity contribution in [3.8, 4) is 23.0 Å². The fourth-order valence-electron chi connectivity index (χ4n) is 2.79. The van der Waals surface area contributed by atoms with Crippen LogP contribution in [0.1, 0.15) is 5.56 Å². The second kappa shape index (κ2) is 8.10. The van der Waals surface area contributed by atoms with Crippen LogP contribution in [0.15, 0.2) is 77.4 Å². The first-order valence-corrected chi connectivity index (χ1v) is 9.12. The van der Waals surface area contributed by atoms with Gasteiger partial charge in [-0.1, -0.05) is 59.2 Å². The fraction of sp³-hybridized carbons (Fsp3) is 0.0952. The number of benzene rings is 2. The lowest BCUT2D eigenvalue weighted by Crippen LogP contribution is -2.27. The van der Waals surface area contributed by atoms with E-state index in [1.54, 1.807) is 16.7 Å². The molecule has 2 heterocycles. The summed E-state index contributed by atoms with van der Waals surface area (Å²) in [6.07, 6.45) is 1.81. The van der Waals surface area contributed by atoms with Crippen molar-refractivity contribution in [3.05, 3.63) is 83.5 Å². The standard InChI is InChI=1S/C21H17ClN4O2/c22-17-10-8-15(9-11-17)13-23-19(27)14-26-12-4-7-18(26)21-24-20(25-28-21)16-5-2-1-3-6-16/h1-12H,13-14H2,(H,23,27). The lowest BCUT2D eigenvalue weighted by molar-refractivity contribution is -0.121. The normalized spacial score (nSPS) is 10.8. The quantitative estimate of drug-likeness (QED) is 0.534. The molecule has 140 valence electrons. The zero-order valence-corrected chi connectivity index (χ0v) is 15.6. The van der Waals surface area contributed by atoms with Crippen LogP contribution in [0, 0.1) is 0 Å². The Kier molecular flexibility index (Phi) is 5.21. The van der Waals surface area contributed by atoms with E-state index < -0.39 is 0 Å². The molecule has 0 aliphatic carbocycles. The maximum absolute atomic E-state index is 12.3. The van der Waals surface area contributed by atoms with Crippen LogP contribution in [0.3, 0.4) is 0 Å². The van der Waals surface area contributed by atoms with Crippen LogP contribution in [0.5, 0.6) is 0 Å². The van der Waals surface area contributed by atoms with E-state index in [1.807, 2.05) is 60.8 Å². The summed E-state index contributed by atoms with van der Waals surface area (Å²) in [5.41, 5.74) is 2.54. The molecule has 0 atom stereocenters. The van der Waals surface area contributed by atoms with Crippen LogP contribution in [0.4, 0.5) is 0 Å². The second-order valence-electron chi connectivity index (χ2n) is 6.21. The summed E-state index contributed by atoms with van der Waals surface area (Å²) in [4.78, 5) is 16.8. The molecule has 0 aliphatic heterocycles. The summed E-state index contributed by atoms with van der Waals surface area (Å²) < 4.78 is 7.18. The van der Waals surface area contributed by atoms with Gasteiger partial charge in [0.1, 0.15) is 12.2 Å². The molecular weight excluding hydrogens is 376 g/mol. The minimum atomic E-state index is -0.116. The Bertz CT molecular complexity index is 1070. The zero-order valence-electron chi connectivity index (χ0n) is 14.9. The van der Waals surface area contributed by atoms with Gasteiger partial charge in [0, 0.05) is 23.3 Å². The topological polar surface area (TPSA) is 73.0 Å². The molecule has 0 saturated carbocycles. The monoisotopic (exact) mass is 392 g/mol. The first kappa shape index (κ1) is 18.0. The van der Waals surface area contributed by atoms with Crippen LogP contribution < -0.4 is 5.32 Å². The number of hydrogen-bond acceptors (Lipinski definition) is 4. The summed E-state index contributed by atoms with van der Waals surface area (Å²) in [7, 11) is 0. The molecule has 1 N–H and O–H groups in total. The summed E-state index contributed by atoms with van der Waals surface area (Å²) in [5.74, 6) is 0.764. The van der Waals surface area contributed by atoms with Gasteiger partial charge < -0.3 is 14.4 Å². The van der Waals surface area contributed by atoms with E-state index in [0.29, 0.717) is 29.0 Å². The average Bonchev–Trinajstić information content (AvgIpc) is 3.37. The highest BCUT2D eigenvalue weighted by Crippen LogP contribution is 2.22. The van der Waals surface area contributed by atoms with Crippen LogP contribution in [0.25, 0.3) is 23.0 Å². The van der Waals surface area contributed by atoms with Crippen molar-refractivity contribution in [2.75, 3.05) is 0 Å². The predicted octanol–water partition coefficient (Wildman–Crippen LogP) is 4.17. The third-order valence-corrected chi connectivity index (χ3v) is 4.48. The van der Waals surface area contributed by atoms with Crippen molar-refractivity contribution in [2.24, 2.45) is 0 Å².